The van der Waals surface area contributed by atoms with Crippen LogP contribution in [0.3, 0.4) is 0 Å². The third-order valence-corrected chi connectivity index (χ3v) is 6.88. The molecule has 35 heavy (non-hydrogen) atoms. The van der Waals surface area contributed by atoms with Gasteiger partial charge in [-0.2, -0.15) is 0 Å². The van der Waals surface area contributed by atoms with Gasteiger partial charge in [-0.15, -0.1) is 0 Å². The molecule has 1 saturated carbocycles. The number of nitrogens with zero attached hydrogens (tertiary/aromatic N) is 2. The summed E-state index contributed by atoms with van der Waals surface area (Å²) in [6.45, 7) is 8.44. The fourth-order valence-electron chi connectivity index (χ4n) is 5.19. The quantitative estimate of drug-likeness (QED) is 0.350. The Balaban J connectivity index is 1.45. The number of nitrogens with one attached hydrogen (secondary N) is 2. The molecule has 3 aromatic heterocycles. The van der Waals surface area contributed by atoms with E-state index in [-0.39, 0.29) is 18.0 Å². The minimum Gasteiger partial charge on any atom is -0.444 e. The Morgan fingerprint density at radius 1 is 1.06 bits per heavy atom. The predicted octanol–water partition coefficient (Wildman–Crippen LogP) is 5.62. The van der Waals surface area contributed by atoms with Crippen LogP contribution in [0.2, 0.25) is 0 Å². The maximum Gasteiger partial charge on any atom is 0.273 e. The third-order valence-electron chi connectivity index (χ3n) is 6.88. The molecule has 1 aliphatic rings. The molecular formula is C28H33N5O2. The first kappa shape index (κ1) is 23.3. The van der Waals surface area contributed by atoms with Gasteiger partial charge in [0.05, 0.1) is 5.69 Å². The molecular weight excluding hydrogens is 438 g/mol. The zero-order valence-electron chi connectivity index (χ0n) is 20.8. The van der Waals surface area contributed by atoms with Crippen LogP contribution < -0.4 is 11.1 Å². The number of oxazole rings is 1. The standard InChI is InChI=1S/C28H33N5O2/c1-15(2)25-22-13-18(5-10-23(22)32-26(25)19-11-16(3)30-17(4)12-19)28-33-24(14-35-28)27(34)31-21-8-6-20(29)7-9-21/h5,10-15,20-21,32H,6-9,29H2,1-4H3,(H,31,34)/t20-,21-. The van der Waals surface area contributed by atoms with Crippen LogP contribution in [-0.2, 0) is 0 Å². The Bertz CT molecular complexity index is 1360. The van der Waals surface area contributed by atoms with Crippen molar-refractivity contribution in [2.45, 2.75) is 71.4 Å². The van der Waals surface area contributed by atoms with E-state index in [4.69, 9.17) is 10.2 Å². The number of hydrogen-bond acceptors (Lipinski definition) is 5. The first-order valence-corrected chi connectivity index (χ1v) is 12.4. The molecule has 1 amide bonds. The predicted molar refractivity (Wildman–Crippen MR) is 138 cm³/mol. The Morgan fingerprint density at radius 2 is 1.77 bits per heavy atom. The molecule has 0 spiro atoms. The number of benzene rings is 1. The highest BCUT2D eigenvalue weighted by Gasteiger charge is 2.23. The molecule has 1 aliphatic carbocycles. The minimum absolute atomic E-state index is 0.145. The second-order valence-corrected chi connectivity index (χ2v) is 10.1. The number of aromatic nitrogens is 3. The maximum atomic E-state index is 12.7. The first-order valence-electron chi connectivity index (χ1n) is 12.4. The van der Waals surface area contributed by atoms with Crippen molar-refractivity contribution in [2.75, 3.05) is 0 Å². The molecule has 0 atom stereocenters. The van der Waals surface area contributed by atoms with Gasteiger partial charge in [0, 0.05) is 45.5 Å². The Labute approximate surface area is 205 Å². The summed E-state index contributed by atoms with van der Waals surface area (Å²) in [6, 6.07) is 10.7. The van der Waals surface area contributed by atoms with Gasteiger partial charge in [-0.1, -0.05) is 13.8 Å². The zero-order valence-corrected chi connectivity index (χ0v) is 20.8. The lowest BCUT2D eigenvalue weighted by Gasteiger charge is -2.26. The average molecular weight is 472 g/mol. The van der Waals surface area contributed by atoms with Gasteiger partial charge >= 0.3 is 0 Å². The van der Waals surface area contributed by atoms with Gasteiger partial charge in [0.15, 0.2) is 5.69 Å². The van der Waals surface area contributed by atoms with Crippen molar-refractivity contribution in [3.05, 3.63) is 59.2 Å². The molecule has 182 valence electrons. The molecule has 1 fully saturated rings. The van der Waals surface area contributed by atoms with Gasteiger partial charge in [0.2, 0.25) is 5.89 Å². The van der Waals surface area contributed by atoms with E-state index in [1.165, 1.54) is 11.8 Å². The topological polar surface area (TPSA) is 110 Å². The van der Waals surface area contributed by atoms with Gasteiger partial charge in [0.25, 0.3) is 5.91 Å². The lowest BCUT2D eigenvalue weighted by Crippen LogP contribution is -2.40. The summed E-state index contributed by atoms with van der Waals surface area (Å²) in [5, 5.41) is 4.20. The number of aryl methyl sites for hydroxylation is 2. The number of nitrogens with two attached hydrogens (primary N) is 1. The first-order chi connectivity index (χ1) is 16.8. The zero-order chi connectivity index (χ0) is 24.7. The lowest BCUT2D eigenvalue weighted by molar-refractivity contribution is 0.0921. The minimum atomic E-state index is -0.197. The van der Waals surface area contributed by atoms with Gasteiger partial charge in [0.1, 0.15) is 6.26 Å². The third kappa shape index (κ3) is 4.73. The van der Waals surface area contributed by atoms with Crippen LogP contribution in [0.1, 0.15) is 72.9 Å². The van der Waals surface area contributed by atoms with Crippen molar-refractivity contribution in [3.8, 4) is 22.7 Å². The van der Waals surface area contributed by atoms with E-state index in [0.717, 1.165) is 64.8 Å². The molecule has 0 unspecified atom stereocenters. The van der Waals surface area contributed by atoms with E-state index in [2.05, 4.69) is 58.4 Å². The highest BCUT2D eigenvalue weighted by Crippen LogP contribution is 2.37. The molecule has 3 heterocycles. The smallest absolute Gasteiger partial charge is 0.273 e. The SMILES string of the molecule is Cc1cc(-c2[nH]c3ccc(-c4nc(C(=O)N[C@H]5CC[C@H](N)CC5)co4)cc3c2C(C)C)cc(C)n1. The molecule has 0 radical (unpaired) electrons. The Kier molecular flexibility index (Phi) is 6.19. The van der Waals surface area contributed by atoms with Crippen LogP contribution in [0, 0.1) is 13.8 Å². The monoisotopic (exact) mass is 471 g/mol. The average Bonchev–Trinajstić information content (AvgIpc) is 3.45. The van der Waals surface area contributed by atoms with Crippen LogP contribution >= 0.6 is 0 Å². The van der Waals surface area contributed by atoms with Gasteiger partial charge in [-0.3, -0.25) is 9.78 Å². The summed E-state index contributed by atoms with van der Waals surface area (Å²) in [5.74, 6) is 0.546. The molecule has 7 heteroatoms. The van der Waals surface area contributed by atoms with E-state index in [1.54, 1.807) is 0 Å². The van der Waals surface area contributed by atoms with Crippen molar-refractivity contribution >= 4 is 16.8 Å². The van der Waals surface area contributed by atoms with Crippen LogP contribution in [0.5, 0.6) is 0 Å². The number of carbonyl (C=O) groups is 1. The summed E-state index contributed by atoms with van der Waals surface area (Å²) < 4.78 is 5.74. The van der Waals surface area contributed by atoms with Crippen LogP contribution in [0.25, 0.3) is 33.6 Å². The van der Waals surface area contributed by atoms with E-state index in [0.29, 0.717) is 17.5 Å². The number of rotatable bonds is 5. The van der Waals surface area contributed by atoms with E-state index in [9.17, 15) is 4.79 Å². The number of fused-ring (bicyclic) bond motifs is 1. The summed E-state index contributed by atoms with van der Waals surface area (Å²) in [5.41, 5.74) is 13.7. The van der Waals surface area contributed by atoms with Gasteiger partial charge in [-0.05, 0) is 81.3 Å². The number of hydrogen-bond donors (Lipinski definition) is 3. The summed E-state index contributed by atoms with van der Waals surface area (Å²) in [6.07, 6.45) is 5.12. The summed E-state index contributed by atoms with van der Waals surface area (Å²) >= 11 is 0. The molecule has 1 aromatic carbocycles. The normalized spacial score (nSPS) is 18.3. The number of pyridine rings is 1. The van der Waals surface area contributed by atoms with Crippen molar-refractivity contribution in [1.82, 2.24) is 20.3 Å². The molecule has 7 nitrogen and oxygen atoms in total. The molecule has 4 aromatic rings. The lowest BCUT2D eigenvalue weighted by atomic mass is 9.92. The van der Waals surface area contributed by atoms with Crippen molar-refractivity contribution in [1.29, 1.82) is 0 Å². The molecule has 0 bridgehead atoms. The van der Waals surface area contributed by atoms with E-state index < -0.39 is 0 Å². The number of aromatic amines is 1. The van der Waals surface area contributed by atoms with Gasteiger partial charge < -0.3 is 20.5 Å². The molecule has 0 saturated heterocycles. The van der Waals surface area contributed by atoms with Crippen molar-refractivity contribution < 1.29 is 9.21 Å². The van der Waals surface area contributed by atoms with Crippen molar-refractivity contribution in [3.63, 3.8) is 0 Å². The maximum absolute atomic E-state index is 12.7. The summed E-state index contributed by atoms with van der Waals surface area (Å²) in [7, 11) is 0. The van der Waals surface area contributed by atoms with Crippen LogP contribution in [-0.4, -0.2) is 32.9 Å². The van der Waals surface area contributed by atoms with E-state index in [1.807, 2.05) is 19.9 Å². The van der Waals surface area contributed by atoms with Crippen LogP contribution in [0.4, 0.5) is 0 Å². The van der Waals surface area contributed by atoms with Crippen LogP contribution in [0.15, 0.2) is 41.0 Å². The fraction of sp³-hybridized carbons (Fsp3) is 0.393. The Morgan fingerprint density at radius 3 is 2.46 bits per heavy atom. The number of carbonyl (C=O) groups excluding carboxylic acids is 1. The van der Waals surface area contributed by atoms with Crippen molar-refractivity contribution in [2.24, 2.45) is 5.73 Å². The van der Waals surface area contributed by atoms with Gasteiger partial charge in [-0.25, -0.2) is 4.98 Å². The number of amides is 1. The summed E-state index contributed by atoms with van der Waals surface area (Å²) in [4.78, 5) is 25.4. The Hall–Kier alpha value is -3.45. The molecule has 5 rings (SSSR count). The fourth-order valence-corrected chi connectivity index (χ4v) is 5.19. The highest BCUT2D eigenvalue weighted by molar-refractivity contribution is 5.95. The molecule has 0 aliphatic heterocycles. The largest absolute Gasteiger partial charge is 0.444 e. The number of H-pyrrole nitrogens is 1. The van der Waals surface area contributed by atoms with E-state index >= 15 is 0 Å². The molecule has 4 N–H and O–H groups in total. The highest BCUT2D eigenvalue weighted by atomic mass is 16.3. The second kappa shape index (κ2) is 9.30. The second-order valence-electron chi connectivity index (χ2n) is 10.1.